The van der Waals surface area contributed by atoms with Gasteiger partial charge in [-0.05, 0) is 19.4 Å². The van der Waals surface area contributed by atoms with Gasteiger partial charge in [-0.1, -0.05) is 62.2 Å². The van der Waals surface area contributed by atoms with Crippen LogP contribution in [0.1, 0.15) is 56.7 Å². The highest BCUT2D eigenvalue weighted by atomic mass is 35.5. The molecule has 2 aromatic heterocycles. The van der Waals surface area contributed by atoms with Crippen LogP contribution in [0.4, 0.5) is 18.0 Å². The van der Waals surface area contributed by atoms with Gasteiger partial charge in [0.25, 0.3) is 5.88 Å². The summed E-state index contributed by atoms with van der Waals surface area (Å²) >= 11 is 12.0. The lowest BCUT2D eigenvalue weighted by atomic mass is 10.1. The number of unbranched alkanes of at least 4 members (excludes halogenated alkanes) is 5. The van der Waals surface area contributed by atoms with Crippen LogP contribution in [0.5, 0.6) is 11.8 Å². The molecule has 2 aromatic rings. The average Bonchev–Trinajstić information content (AvgIpc) is 2.96. The highest BCUT2D eigenvalue weighted by Crippen LogP contribution is 2.36. The number of hydrogen-bond acceptors (Lipinski definition) is 4. The van der Waals surface area contributed by atoms with Crippen molar-refractivity contribution in [3.8, 4) is 11.8 Å². The van der Waals surface area contributed by atoms with Gasteiger partial charge in [-0.3, -0.25) is 0 Å². The van der Waals surface area contributed by atoms with E-state index >= 15 is 0 Å². The second-order valence-electron chi connectivity index (χ2n) is 6.73. The SMILES string of the molecule is CCCCCCCCNC(=O)n1nc(Oc2ncc(C(F)(F)F)cc2Cl)c(Cl)c1C. The quantitative estimate of drug-likeness (QED) is 0.421. The molecule has 1 N–H and O–H groups in total. The number of carbonyl (C=O) groups excluding carboxylic acids is 1. The first kappa shape index (κ1) is 24.3. The average molecular weight is 467 g/mol. The van der Waals surface area contributed by atoms with Gasteiger partial charge >= 0.3 is 12.2 Å². The molecule has 166 valence electrons. The summed E-state index contributed by atoms with van der Waals surface area (Å²) in [6.45, 7) is 4.20. The second-order valence-corrected chi connectivity index (χ2v) is 7.51. The van der Waals surface area contributed by atoms with E-state index in [9.17, 15) is 18.0 Å². The Morgan fingerprint density at radius 1 is 1.17 bits per heavy atom. The van der Waals surface area contributed by atoms with Crippen molar-refractivity contribution in [1.82, 2.24) is 20.1 Å². The van der Waals surface area contributed by atoms with Crippen LogP contribution in [0.2, 0.25) is 10.0 Å². The third-order valence-electron chi connectivity index (χ3n) is 4.34. The van der Waals surface area contributed by atoms with E-state index in [2.05, 4.69) is 22.3 Å². The van der Waals surface area contributed by atoms with Gasteiger partial charge in [-0.15, -0.1) is 5.10 Å². The highest BCUT2D eigenvalue weighted by molar-refractivity contribution is 6.33. The molecule has 0 aromatic carbocycles. The fourth-order valence-electron chi connectivity index (χ4n) is 2.64. The first-order valence-corrected chi connectivity index (χ1v) is 10.3. The maximum Gasteiger partial charge on any atom is 0.417 e. The van der Waals surface area contributed by atoms with Crippen molar-refractivity contribution in [2.75, 3.05) is 6.54 Å². The van der Waals surface area contributed by atoms with E-state index in [1.54, 1.807) is 6.92 Å². The highest BCUT2D eigenvalue weighted by Gasteiger charge is 2.32. The summed E-state index contributed by atoms with van der Waals surface area (Å²) in [5, 5.41) is 6.41. The summed E-state index contributed by atoms with van der Waals surface area (Å²) in [5.74, 6) is -0.484. The maximum absolute atomic E-state index is 12.7. The zero-order valence-electron chi connectivity index (χ0n) is 16.7. The molecule has 1 amide bonds. The number of pyridine rings is 1. The molecule has 0 aliphatic rings. The molecular formula is C19H23Cl2F3N4O2. The van der Waals surface area contributed by atoms with Gasteiger partial charge in [0.15, 0.2) is 0 Å². The summed E-state index contributed by atoms with van der Waals surface area (Å²) in [6.07, 6.45) is 2.55. The van der Waals surface area contributed by atoms with E-state index < -0.39 is 17.8 Å². The molecule has 0 spiro atoms. The lowest BCUT2D eigenvalue weighted by Gasteiger charge is -2.09. The van der Waals surface area contributed by atoms with Crippen LogP contribution in [-0.4, -0.2) is 27.3 Å². The number of aromatic nitrogens is 3. The van der Waals surface area contributed by atoms with Crippen LogP contribution < -0.4 is 10.1 Å². The van der Waals surface area contributed by atoms with Crippen molar-refractivity contribution >= 4 is 29.2 Å². The minimum atomic E-state index is -4.58. The van der Waals surface area contributed by atoms with Crippen molar-refractivity contribution < 1.29 is 22.7 Å². The normalized spacial score (nSPS) is 11.6. The van der Waals surface area contributed by atoms with Crippen LogP contribution in [0.25, 0.3) is 0 Å². The summed E-state index contributed by atoms with van der Waals surface area (Å²) in [6, 6.07) is 0.207. The number of ether oxygens (including phenoxy) is 1. The molecule has 30 heavy (non-hydrogen) atoms. The van der Waals surface area contributed by atoms with E-state index in [0.29, 0.717) is 24.5 Å². The molecule has 0 unspecified atom stereocenters. The molecule has 0 saturated heterocycles. The zero-order chi connectivity index (χ0) is 22.3. The summed E-state index contributed by atoms with van der Waals surface area (Å²) in [7, 11) is 0. The lowest BCUT2D eigenvalue weighted by molar-refractivity contribution is -0.137. The van der Waals surface area contributed by atoms with Gasteiger partial charge in [0.1, 0.15) is 10.0 Å². The Labute approximate surface area is 182 Å². The predicted molar refractivity (Wildman–Crippen MR) is 108 cm³/mol. The first-order valence-electron chi connectivity index (χ1n) is 9.59. The predicted octanol–water partition coefficient (Wildman–Crippen LogP) is 6.62. The van der Waals surface area contributed by atoms with Crippen LogP contribution in [0, 0.1) is 6.92 Å². The molecule has 0 aliphatic heterocycles. The van der Waals surface area contributed by atoms with Crippen LogP contribution >= 0.6 is 23.2 Å². The summed E-state index contributed by atoms with van der Waals surface area (Å²) in [5.41, 5.74) is -0.697. The number of carbonyl (C=O) groups is 1. The molecule has 0 atom stereocenters. The minimum Gasteiger partial charge on any atom is -0.416 e. The largest absolute Gasteiger partial charge is 0.417 e. The minimum absolute atomic E-state index is 0.0301. The maximum atomic E-state index is 12.7. The zero-order valence-corrected chi connectivity index (χ0v) is 18.2. The molecule has 11 heteroatoms. The van der Waals surface area contributed by atoms with Crippen molar-refractivity contribution in [3.63, 3.8) is 0 Å². The van der Waals surface area contributed by atoms with E-state index in [1.807, 2.05) is 0 Å². The Balaban J connectivity index is 2.00. The fourth-order valence-corrected chi connectivity index (χ4v) is 3.00. The Bertz CT molecular complexity index is 872. The van der Waals surface area contributed by atoms with Gasteiger partial charge in [0.05, 0.1) is 11.3 Å². The molecule has 0 bridgehead atoms. The Morgan fingerprint density at radius 3 is 2.47 bits per heavy atom. The number of hydrogen-bond donors (Lipinski definition) is 1. The molecule has 6 nitrogen and oxygen atoms in total. The van der Waals surface area contributed by atoms with Gasteiger partial charge in [-0.25, -0.2) is 9.78 Å². The number of rotatable bonds is 9. The van der Waals surface area contributed by atoms with Crippen molar-refractivity contribution in [2.24, 2.45) is 0 Å². The Kier molecular flexibility index (Phi) is 8.78. The van der Waals surface area contributed by atoms with E-state index in [1.165, 1.54) is 19.3 Å². The summed E-state index contributed by atoms with van der Waals surface area (Å²) < 4.78 is 44.5. The summed E-state index contributed by atoms with van der Waals surface area (Å²) in [4.78, 5) is 15.9. The molecule has 0 radical (unpaired) electrons. The Hall–Kier alpha value is -2.00. The number of alkyl halides is 3. The van der Waals surface area contributed by atoms with Gasteiger partial charge in [0.2, 0.25) is 5.88 Å². The smallest absolute Gasteiger partial charge is 0.416 e. The van der Waals surface area contributed by atoms with E-state index in [0.717, 1.165) is 23.9 Å². The van der Waals surface area contributed by atoms with Gasteiger partial charge in [0, 0.05) is 12.7 Å². The van der Waals surface area contributed by atoms with Gasteiger partial charge in [-0.2, -0.15) is 17.9 Å². The lowest BCUT2D eigenvalue weighted by Crippen LogP contribution is -2.30. The number of nitrogens with one attached hydrogen (secondary N) is 1. The standard InChI is InChI=1S/C19H23Cl2F3N4O2/c1-3-4-5-6-7-8-9-25-18(29)28-12(2)15(21)17(27-28)30-16-14(20)10-13(11-26-16)19(22,23)24/h10-11H,3-9H2,1-2H3,(H,25,29). The molecule has 0 saturated carbocycles. The Morgan fingerprint density at radius 2 is 1.83 bits per heavy atom. The van der Waals surface area contributed by atoms with Crippen molar-refractivity contribution in [3.05, 3.63) is 33.6 Å². The van der Waals surface area contributed by atoms with Crippen LogP contribution in [0.3, 0.4) is 0 Å². The van der Waals surface area contributed by atoms with Crippen LogP contribution in [0.15, 0.2) is 12.3 Å². The topological polar surface area (TPSA) is 69.0 Å². The number of nitrogens with zero attached hydrogens (tertiary/aromatic N) is 3. The van der Waals surface area contributed by atoms with Crippen LogP contribution in [-0.2, 0) is 6.18 Å². The number of halogens is 5. The molecule has 2 heterocycles. The second kappa shape index (κ2) is 10.9. The third-order valence-corrected chi connectivity index (χ3v) is 5.05. The van der Waals surface area contributed by atoms with Crippen molar-refractivity contribution in [1.29, 1.82) is 0 Å². The van der Waals surface area contributed by atoms with Gasteiger partial charge < -0.3 is 10.1 Å². The molecule has 0 fully saturated rings. The van der Waals surface area contributed by atoms with E-state index in [-0.39, 0.29) is 21.8 Å². The molecule has 0 aliphatic carbocycles. The first-order chi connectivity index (χ1) is 14.1. The monoisotopic (exact) mass is 466 g/mol. The van der Waals surface area contributed by atoms with Crippen molar-refractivity contribution in [2.45, 2.75) is 58.5 Å². The fraction of sp³-hybridized carbons (Fsp3) is 0.526. The third kappa shape index (κ3) is 6.50. The molecule has 2 rings (SSSR count). The van der Waals surface area contributed by atoms with E-state index in [4.69, 9.17) is 27.9 Å². The molecular weight excluding hydrogens is 444 g/mol. The number of amides is 1.